The van der Waals surface area contributed by atoms with Crippen molar-refractivity contribution >= 4 is 5.91 Å². The summed E-state index contributed by atoms with van der Waals surface area (Å²) < 4.78 is 0. The van der Waals surface area contributed by atoms with E-state index in [1.807, 2.05) is 32.0 Å². The van der Waals surface area contributed by atoms with Gasteiger partial charge in [0.25, 0.3) is 0 Å². The number of aliphatic hydroxyl groups excluding tert-OH is 1. The lowest BCUT2D eigenvalue weighted by atomic mass is 10.0. The summed E-state index contributed by atoms with van der Waals surface area (Å²) in [5.41, 5.74) is 1.20. The van der Waals surface area contributed by atoms with Crippen molar-refractivity contribution in [1.82, 2.24) is 10.2 Å². The van der Waals surface area contributed by atoms with E-state index in [2.05, 4.69) is 36.2 Å². The van der Waals surface area contributed by atoms with Crippen LogP contribution in [0.2, 0.25) is 0 Å². The van der Waals surface area contributed by atoms with Gasteiger partial charge < -0.3 is 10.4 Å². The van der Waals surface area contributed by atoms with E-state index < -0.39 is 6.10 Å². The van der Waals surface area contributed by atoms with Crippen molar-refractivity contribution in [3.63, 3.8) is 0 Å². The molecule has 2 atom stereocenters. The van der Waals surface area contributed by atoms with Gasteiger partial charge in [-0.3, -0.25) is 9.69 Å². The van der Waals surface area contributed by atoms with Crippen LogP contribution in [0.4, 0.5) is 0 Å². The number of benzene rings is 1. The van der Waals surface area contributed by atoms with Crippen molar-refractivity contribution in [2.45, 2.75) is 46.3 Å². The van der Waals surface area contributed by atoms with Crippen molar-refractivity contribution in [3.8, 4) is 0 Å². The molecule has 1 aromatic rings. The van der Waals surface area contributed by atoms with Crippen molar-refractivity contribution in [2.75, 3.05) is 19.6 Å². The van der Waals surface area contributed by atoms with Crippen LogP contribution in [-0.2, 0) is 4.79 Å². The number of hydrogen-bond donors (Lipinski definition) is 2. The Kier molecular flexibility index (Phi) is 8.13. The van der Waals surface area contributed by atoms with E-state index in [-0.39, 0.29) is 24.3 Å². The number of carbonyl (C=O) groups excluding carboxylic acids is 1. The predicted molar refractivity (Wildman–Crippen MR) is 90.6 cm³/mol. The van der Waals surface area contributed by atoms with Crippen LogP contribution in [0.3, 0.4) is 0 Å². The maximum Gasteiger partial charge on any atom is 0.222 e. The average Bonchev–Trinajstić information content (AvgIpc) is 2.52. The molecule has 1 rings (SSSR count). The first-order valence-electron chi connectivity index (χ1n) is 8.23. The molecule has 0 aliphatic carbocycles. The third-order valence-corrected chi connectivity index (χ3v) is 4.09. The van der Waals surface area contributed by atoms with Gasteiger partial charge in [-0.2, -0.15) is 0 Å². The lowest BCUT2D eigenvalue weighted by molar-refractivity contribution is -0.123. The maximum atomic E-state index is 12.0. The molecular formula is C18H30N2O2. The number of aliphatic hydroxyl groups is 1. The van der Waals surface area contributed by atoms with E-state index in [9.17, 15) is 9.90 Å². The number of amides is 1. The van der Waals surface area contributed by atoms with E-state index in [0.29, 0.717) is 6.54 Å². The minimum Gasteiger partial charge on any atom is -0.392 e. The zero-order valence-corrected chi connectivity index (χ0v) is 14.2. The second kappa shape index (κ2) is 9.59. The Bertz CT molecular complexity index is 430. The second-order valence-corrected chi connectivity index (χ2v) is 5.97. The molecule has 1 amide bonds. The minimum absolute atomic E-state index is 0.0886. The van der Waals surface area contributed by atoms with Gasteiger partial charge in [0, 0.05) is 6.54 Å². The van der Waals surface area contributed by atoms with Gasteiger partial charge in [-0.1, -0.05) is 58.0 Å². The molecule has 0 bridgehead atoms. The van der Waals surface area contributed by atoms with E-state index >= 15 is 0 Å². The molecule has 0 aliphatic rings. The van der Waals surface area contributed by atoms with Crippen LogP contribution >= 0.6 is 0 Å². The van der Waals surface area contributed by atoms with Crippen molar-refractivity contribution in [1.29, 1.82) is 0 Å². The molecule has 0 saturated carbocycles. The summed E-state index contributed by atoms with van der Waals surface area (Å²) in [5, 5.41) is 12.8. The van der Waals surface area contributed by atoms with Crippen LogP contribution in [0.15, 0.2) is 30.3 Å². The van der Waals surface area contributed by atoms with Crippen LogP contribution in [0, 0.1) is 5.92 Å². The Labute approximate surface area is 134 Å². The van der Waals surface area contributed by atoms with Crippen LogP contribution in [0.25, 0.3) is 0 Å². The van der Waals surface area contributed by atoms with Gasteiger partial charge in [-0.05, 0) is 24.6 Å². The minimum atomic E-state index is -0.580. The highest BCUT2D eigenvalue weighted by Crippen LogP contribution is 2.19. The quantitative estimate of drug-likeness (QED) is 0.737. The number of carbonyl (C=O) groups is 1. The third kappa shape index (κ3) is 5.78. The number of nitrogens with zero attached hydrogens (tertiary/aromatic N) is 1. The molecule has 0 aliphatic heterocycles. The monoisotopic (exact) mass is 306 g/mol. The van der Waals surface area contributed by atoms with Gasteiger partial charge >= 0.3 is 0 Å². The molecule has 124 valence electrons. The fraction of sp³-hybridized carbons (Fsp3) is 0.611. The Balaban J connectivity index is 2.68. The lowest BCUT2D eigenvalue weighted by Crippen LogP contribution is -2.39. The largest absolute Gasteiger partial charge is 0.392 e. The summed E-state index contributed by atoms with van der Waals surface area (Å²) in [5.74, 6) is 0.00717. The van der Waals surface area contributed by atoms with Crippen LogP contribution < -0.4 is 5.32 Å². The standard InChI is InChI=1S/C18H30N2O2/c1-5-20(6-2)16(15-10-8-7-9-11-15)13-19-18(22)12-17(21)14(3)4/h7-11,14,16-17,21H,5-6,12-13H2,1-4H3,(H,19,22)/t16-,17+/m1/s1. The SMILES string of the molecule is CCN(CC)[C@H](CNC(=O)C[C@H](O)C(C)C)c1ccccc1. The first-order valence-corrected chi connectivity index (χ1v) is 8.23. The lowest BCUT2D eigenvalue weighted by Gasteiger charge is -2.30. The van der Waals surface area contributed by atoms with Crippen LogP contribution in [-0.4, -0.2) is 41.7 Å². The summed E-state index contributed by atoms with van der Waals surface area (Å²) in [7, 11) is 0. The predicted octanol–water partition coefficient (Wildman–Crippen LogP) is 2.59. The summed E-state index contributed by atoms with van der Waals surface area (Å²) in [4.78, 5) is 14.3. The van der Waals surface area contributed by atoms with Gasteiger partial charge in [0.2, 0.25) is 5.91 Å². The number of likely N-dealkylation sites (N-methyl/N-ethyl adjacent to an activating group) is 1. The molecule has 4 nitrogen and oxygen atoms in total. The maximum absolute atomic E-state index is 12.0. The third-order valence-electron chi connectivity index (χ3n) is 4.09. The summed E-state index contributed by atoms with van der Waals surface area (Å²) >= 11 is 0. The fourth-order valence-electron chi connectivity index (χ4n) is 2.51. The molecule has 0 unspecified atom stereocenters. The van der Waals surface area contributed by atoms with Crippen molar-refractivity contribution in [3.05, 3.63) is 35.9 Å². The first kappa shape index (κ1) is 18.7. The highest BCUT2D eigenvalue weighted by molar-refractivity contribution is 5.76. The Hall–Kier alpha value is -1.39. The van der Waals surface area contributed by atoms with Gasteiger partial charge in [0.1, 0.15) is 0 Å². The molecule has 0 radical (unpaired) electrons. The van der Waals surface area contributed by atoms with Gasteiger partial charge in [0.15, 0.2) is 0 Å². The molecular weight excluding hydrogens is 276 g/mol. The zero-order valence-electron chi connectivity index (χ0n) is 14.2. The van der Waals surface area contributed by atoms with Crippen LogP contribution in [0.5, 0.6) is 0 Å². The van der Waals surface area contributed by atoms with E-state index in [1.165, 1.54) is 5.56 Å². The van der Waals surface area contributed by atoms with Gasteiger partial charge in [-0.25, -0.2) is 0 Å². The number of nitrogens with one attached hydrogen (secondary N) is 1. The zero-order chi connectivity index (χ0) is 16.5. The molecule has 0 saturated heterocycles. The van der Waals surface area contributed by atoms with Crippen LogP contribution in [0.1, 0.15) is 45.7 Å². The molecule has 4 heteroatoms. The molecule has 0 spiro atoms. The Morgan fingerprint density at radius 2 is 1.77 bits per heavy atom. The highest BCUT2D eigenvalue weighted by atomic mass is 16.3. The summed E-state index contributed by atoms with van der Waals surface area (Å²) in [6.45, 7) is 10.5. The molecule has 2 N–H and O–H groups in total. The topological polar surface area (TPSA) is 52.6 Å². The van der Waals surface area contributed by atoms with Crippen molar-refractivity contribution < 1.29 is 9.90 Å². The van der Waals surface area contributed by atoms with Crippen molar-refractivity contribution in [2.24, 2.45) is 5.92 Å². The van der Waals surface area contributed by atoms with Gasteiger partial charge in [-0.15, -0.1) is 0 Å². The second-order valence-electron chi connectivity index (χ2n) is 5.97. The van der Waals surface area contributed by atoms with E-state index in [4.69, 9.17) is 0 Å². The smallest absolute Gasteiger partial charge is 0.222 e. The summed E-state index contributed by atoms with van der Waals surface area (Å²) in [6.07, 6.45) is -0.416. The summed E-state index contributed by atoms with van der Waals surface area (Å²) in [6, 6.07) is 10.4. The van der Waals surface area contributed by atoms with E-state index in [1.54, 1.807) is 0 Å². The normalized spacial score (nSPS) is 14.1. The van der Waals surface area contributed by atoms with E-state index in [0.717, 1.165) is 13.1 Å². The molecule has 0 fully saturated rings. The Morgan fingerprint density at radius 1 is 1.18 bits per heavy atom. The number of rotatable bonds is 9. The van der Waals surface area contributed by atoms with Gasteiger partial charge in [0.05, 0.1) is 18.6 Å². The fourth-order valence-corrected chi connectivity index (χ4v) is 2.51. The highest BCUT2D eigenvalue weighted by Gasteiger charge is 2.20. The Morgan fingerprint density at radius 3 is 2.27 bits per heavy atom. The molecule has 1 aromatic carbocycles. The molecule has 0 heterocycles. The molecule has 0 aromatic heterocycles. The average molecular weight is 306 g/mol. The number of hydrogen-bond acceptors (Lipinski definition) is 3. The first-order chi connectivity index (χ1) is 10.5. The molecule has 22 heavy (non-hydrogen) atoms.